The first-order valence-electron chi connectivity index (χ1n) is 12.3. The SMILES string of the molecule is CC(C)CCCCCCCCCCCCCCC(=O)NCCN(CCO)CC(=O)O.[H-].[Na+]. The second-order valence-corrected chi connectivity index (χ2v) is 8.92. The first-order valence-corrected chi connectivity index (χ1v) is 12.3. The molecular weight excluding hydrogens is 403 g/mol. The van der Waals surface area contributed by atoms with Gasteiger partial charge >= 0.3 is 35.5 Å². The largest absolute Gasteiger partial charge is 1.00 e. The third-order valence-corrected chi connectivity index (χ3v) is 5.46. The van der Waals surface area contributed by atoms with Gasteiger partial charge in [-0.15, -0.1) is 0 Å². The third kappa shape index (κ3) is 26.0. The van der Waals surface area contributed by atoms with Crippen LogP contribution >= 0.6 is 0 Å². The normalized spacial score (nSPS) is 11.0. The Bertz CT molecular complexity index is 429. The van der Waals surface area contributed by atoms with E-state index in [4.69, 9.17) is 10.2 Å². The topological polar surface area (TPSA) is 89.9 Å². The molecule has 6 nitrogen and oxygen atoms in total. The Balaban J connectivity index is -0.00000420. The van der Waals surface area contributed by atoms with Crippen molar-refractivity contribution < 1.29 is 50.8 Å². The van der Waals surface area contributed by atoms with Gasteiger partial charge in [0, 0.05) is 26.1 Å². The van der Waals surface area contributed by atoms with Crippen molar-refractivity contribution in [3.05, 3.63) is 0 Å². The number of rotatable bonds is 22. The second-order valence-electron chi connectivity index (χ2n) is 8.92. The molecule has 3 N–H and O–H groups in total. The maximum absolute atomic E-state index is 11.8. The van der Waals surface area contributed by atoms with Crippen LogP contribution in [0.15, 0.2) is 0 Å². The molecule has 0 saturated carbocycles. The molecule has 180 valence electrons. The zero-order chi connectivity index (χ0) is 22.5. The van der Waals surface area contributed by atoms with E-state index >= 15 is 0 Å². The molecule has 0 aromatic heterocycles. The van der Waals surface area contributed by atoms with Crippen LogP contribution in [0.4, 0.5) is 0 Å². The monoisotopic (exact) mass is 452 g/mol. The molecule has 1 amide bonds. The molecule has 0 aromatic rings. The summed E-state index contributed by atoms with van der Waals surface area (Å²) < 4.78 is 0. The van der Waals surface area contributed by atoms with Gasteiger partial charge in [-0.05, 0) is 12.3 Å². The van der Waals surface area contributed by atoms with Gasteiger partial charge in [-0.25, -0.2) is 0 Å². The Hall–Kier alpha value is -0.140. The Morgan fingerprint density at radius 3 is 1.77 bits per heavy atom. The maximum Gasteiger partial charge on any atom is 1.00 e. The van der Waals surface area contributed by atoms with Gasteiger partial charge in [0.25, 0.3) is 0 Å². The van der Waals surface area contributed by atoms with Gasteiger partial charge in [-0.1, -0.05) is 90.9 Å². The van der Waals surface area contributed by atoms with Crippen molar-refractivity contribution in [3.63, 3.8) is 0 Å². The molecule has 0 atom stereocenters. The Labute approximate surface area is 214 Å². The van der Waals surface area contributed by atoms with Gasteiger partial charge in [0.2, 0.25) is 5.91 Å². The number of carbonyl (C=O) groups excluding carboxylic acids is 1. The molecule has 7 heteroatoms. The summed E-state index contributed by atoms with van der Waals surface area (Å²) in [4.78, 5) is 24.2. The minimum atomic E-state index is -0.924. The van der Waals surface area contributed by atoms with Gasteiger partial charge in [-0.3, -0.25) is 14.5 Å². The first-order chi connectivity index (χ1) is 14.5. The standard InChI is InChI=1S/C24H48N2O4.Na.H/c1-22(2)15-13-11-9-7-5-3-4-6-8-10-12-14-16-23(28)25-17-18-26(19-20-27)21-24(29)30;;/h22,27H,3-21H2,1-2H3,(H,25,28)(H,29,30);;/q;+1;-1. The summed E-state index contributed by atoms with van der Waals surface area (Å²) in [5.41, 5.74) is 0. The van der Waals surface area contributed by atoms with Crippen molar-refractivity contribution in [3.8, 4) is 0 Å². The van der Waals surface area contributed by atoms with Gasteiger partial charge in [0.05, 0.1) is 13.2 Å². The number of carboxylic acids is 1. The van der Waals surface area contributed by atoms with E-state index in [1.807, 2.05) is 0 Å². The molecule has 0 rings (SSSR count). The first kappa shape index (κ1) is 33.0. The van der Waals surface area contributed by atoms with Gasteiger partial charge < -0.3 is 17.0 Å². The van der Waals surface area contributed by atoms with E-state index in [1.165, 1.54) is 70.6 Å². The zero-order valence-electron chi connectivity index (χ0n) is 21.7. The number of hydrogen-bond acceptors (Lipinski definition) is 4. The number of aliphatic hydroxyl groups excluding tert-OH is 1. The second kappa shape index (κ2) is 24.5. The summed E-state index contributed by atoms with van der Waals surface area (Å²) in [5.74, 6) is -0.0484. The van der Waals surface area contributed by atoms with E-state index in [-0.39, 0.29) is 50.0 Å². The number of carboxylic acid groups (broad SMARTS) is 1. The third-order valence-electron chi connectivity index (χ3n) is 5.46. The van der Waals surface area contributed by atoms with Crippen molar-refractivity contribution in [1.82, 2.24) is 10.2 Å². The summed E-state index contributed by atoms with van der Waals surface area (Å²) in [6, 6.07) is 0. The van der Waals surface area contributed by atoms with Crippen molar-refractivity contribution in [1.29, 1.82) is 0 Å². The van der Waals surface area contributed by atoms with Crippen molar-refractivity contribution in [2.45, 2.75) is 104 Å². The van der Waals surface area contributed by atoms with Crippen LogP contribution < -0.4 is 34.9 Å². The molecule has 0 spiro atoms. The van der Waals surface area contributed by atoms with Crippen LogP contribution in [0.1, 0.15) is 105 Å². The maximum atomic E-state index is 11.8. The molecule has 0 radical (unpaired) electrons. The fourth-order valence-corrected chi connectivity index (χ4v) is 3.65. The number of amides is 1. The van der Waals surface area contributed by atoms with Crippen LogP contribution in [0, 0.1) is 5.92 Å². The molecule has 0 aliphatic carbocycles. The fourth-order valence-electron chi connectivity index (χ4n) is 3.65. The van der Waals surface area contributed by atoms with Crippen molar-refractivity contribution >= 4 is 11.9 Å². The van der Waals surface area contributed by atoms with Gasteiger partial charge in [-0.2, -0.15) is 0 Å². The molecule has 0 aromatic carbocycles. The number of carbonyl (C=O) groups is 2. The minimum Gasteiger partial charge on any atom is -1.00 e. The molecule has 0 unspecified atom stereocenters. The van der Waals surface area contributed by atoms with Crippen LogP contribution in [0.5, 0.6) is 0 Å². The van der Waals surface area contributed by atoms with Crippen LogP contribution in [0.3, 0.4) is 0 Å². The molecular formula is C24H49N2NaO4. The molecule has 0 saturated heterocycles. The smallest absolute Gasteiger partial charge is 1.00 e. The summed E-state index contributed by atoms with van der Waals surface area (Å²) >= 11 is 0. The predicted octanol–water partition coefficient (Wildman–Crippen LogP) is 1.72. The number of nitrogens with one attached hydrogen (secondary N) is 1. The summed E-state index contributed by atoms with van der Waals surface area (Å²) in [7, 11) is 0. The van der Waals surface area contributed by atoms with E-state index in [1.54, 1.807) is 4.90 Å². The fraction of sp³-hybridized carbons (Fsp3) is 0.917. The van der Waals surface area contributed by atoms with E-state index < -0.39 is 5.97 Å². The molecule has 0 heterocycles. The van der Waals surface area contributed by atoms with Crippen LogP contribution in [-0.2, 0) is 9.59 Å². The average molecular weight is 453 g/mol. The average Bonchev–Trinajstić information content (AvgIpc) is 2.67. The number of hydrogen-bond donors (Lipinski definition) is 3. The van der Waals surface area contributed by atoms with E-state index in [0.29, 0.717) is 26.1 Å². The van der Waals surface area contributed by atoms with Crippen molar-refractivity contribution in [2.24, 2.45) is 5.92 Å². The number of unbranched alkanes of at least 4 members (excludes halogenated alkanes) is 11. The molecule has 0 aliphatic heterocycles. The Kier molecular flexibility index (Phi) is 26.1. The molecule has 0 fully saturated rings. The van der Waals surface area contributed by atoms with E-state index in [0.717, 1.165) is 18.8 Å². The van der Waals surface area contributed by atoms with Gasteiger partial charge in [0.1, 0.15) is 0 Å². The van der Waals surface area contributed by atoms with Crippen LogP contribution in [0.2, 0.25) is 0 Å². The number of aliphatic carboxylic acids is 1. The zero-order valence-corrected chi connectivity index (χ0v) is 22.7. The summed E-state index contributed by atoms with van der Waals surface area (Å²) in [6.45, 7) is 5.57. The number of aliphatic hydroxyl groups is 1. The summed E-state index contributed by atoms with van der Waals surface area (Å²) in [6.07, 6.45) is 17.4. The summed E-state index contributed by atoms with van der Waals surface area (Å²) in [5, 5.41) is 20.6. The van der Waals surface area contributed by atoms with Gasteiger partial charge in [0.15, 0.2) is 0 Å². The van der Waals surface area contributed by atoms with Crippen LogP contribution in [-0.4, -0.2) is 59.8 Å². The minimum absolute atomic E-state index is 0. The quantitative estimate of drug-likeness (QED) is 0.172. The predicted molar refractivity (Wildman–Crippen MR) is 125 cm³/mol. The molecule has 31 heavy (non-hydrogen) atoms. The van der Waals surface area contributed by atoms with E-state index in [2.05, 4.69) is 19.2 Å². The Morgan fingerprint density at radius 2 is 1.32 bits per heavy atom. The van der Waals surface area contributed by atoms with E-state index in [9.17, 15) is 9.59 Å². The molecule has 0 bridgehead atoms. The van der Waals surface area contributed by atoms with Crippen LogP contribution in [0.25, 0.3) is 0 Å². The molecule has 0 aliphatic rings. The Morgan fingerprint density at radius 1 is 0.839 bits per heavy atom. The van der Waals surface area contributed by atoms with Crippen molar-refractivity contribution in [2.75, 3.05) is 32.8 Å². The number of nitrogens with zero attached hydrogens (tertiary/aromatic N) is 1.